The summed E-state index contributed by atoms with van der Waals surface area (Å²) in [5, 5.41) is 0. The Kier molecular flexibility index (Phi) is 18.7. The maximum absolute atomic E-state index is 11.4. The fourth-order valence-corrected chi connectivity index (χ4v) is 2.36. The summed E-state index contributed by atoms with van der Waals surface area (Å²) in [4.78, 5) is 11.4. The average Bonchev–Trinajstić information content (AvgIpc) is 2.67. The smallest absolute Gasteiger partial charge is 0.333 e. The van der Waals surface area contributed by atoms with Crippen LogP contribution in [0, 0.1) is 0 Å². The van der Waals surface area contributed by atoms with Crippen LogP contribution in [0.2, 0.25) is 0 Å². The Bertz CT molecular complexity index is 531. The van der Waals surface area contributed by atoms with Crippen molar-refractivity contribution in [1.82, 2.24) is 0 Å². The molecule has 0 radical (unpaired) electrons. The molecule has 2 heteroatoms. The molecule has 2 nitrogen and oxygen atoms in total. The molecule has 0 saturated carbocycles. The summed E-state index contributed by atoms with van der Waals surface area (Å²) in [5.41, 5.74) is 0.600. The Balaban J connectivity index is 3.77. The van der Waals surface area contributed by atoms with Gasteiger partial charge in [-0.25, -0.2) is 4.79 Å². The highest BCUT2D eigenvalue weighted by Crippen LogP contribution is 2.08. The lowest BCUT2D eigenvalue weighted by Crippen LogP contribution is -2.04. The van der Waals surface area contributed by atoms with Crippen molar-refractivity contribution in [3.8, 4) is 0 Å². The second-order valence-electron chi connectivity index (χ2n) is 6.45. The summed E-state index contributed by atoms with van der Waals surface area (Å²) in [6.07, 6.45) is 32.5. The zero-order chi connectivity index (χ0) is 20.0. The number of allylic oxidation sites excluding steroid dienone is 11. The first-order chi connectivity index (χ1) is 13.2. The van der Waals surface area contributed by atoms with Gasteiger partial charge in [-0.05, 0) is 26.7 Å². The van der Waals surface area contributed by atoms with E-state index in [9.17, 15) is 4.79 Å². The van der Waals surface area contributed by atoms with Gasteiger partial charge in [0.05, 0.1) is 6.61 Å². The minimum absolute atomic E-state index is 0.267. The molecule has 0 heterocycles. The number of ether oxygens (including phenoxy) is 1. The van der Waals surface area contributed by atoms with Gasteiger partial charge in [0.2, 0.25) is 0 Å². The zero-order valence-corrected chi connectivity index (χ0v) is 17.5. The molecule has 0 unspecified atom stereocenters. The zero-order valence-electron chi connectivity index (χ0n) is 17.5. The topological polar surface area (TPSA) is 26.3 Å². The molecule has 0 saturated heterocycles. The van der Waals surface area contributed by atoms with Gasteiger partial charge in [-0.2, -0.15) is 0 Å². The Morgan fingerprint density at radius 1 is 0.704 bits per heavy atom. The van der Waals surface area contributed by atoms with Crippen LogP contribution in [0.25, 0.3) is 0 Å². The van der Waals surface area contributed by atoms with Crippen molar-refractivity contribution < 1.29 is 9.53 Å². The van der Waals surface area contributed by atoms with Gasteiger partial charge in [0.25, 0.3) is 0 Å². The van der Waals surface area contributed by atoms with Crippen LogP contribution < -0.4 is 0 Å². The van der Waals surface area contributed by atoms with E-state index in [1.165, 1.54) is 51.4 Å². The summed E-state index contributed by atoms with van der Waals surface area (Å²) in [6.45, 7) is 6.21. The van der Waals surface area contributed by atoms with E-state index in [0.717, 1.165) is 0 Å². The summed E-state index contributed by atoms with van der Waals surface area (Å²) in [6, 6.07) is 0. The van der Waals surface area contributed by atoms with E-state index >= 15 is 0 Å². The fourth-order valence-electron chi connectivity index (χ4n) is 2.36. The molecule has 0 aromatic heterocycles. The Morgan fingerprint density at radius 2 is 1.22 bits per heavy atom. The Hall–Kier alpha value is -2.09. The van der Waals surface area contributed by atoms with E-state index in [0.29, 0.717) is 12.2 Å². The van der Waals surface area contributed by atoms with E-state index in [-0.39, 0.29) is 5.97 Å². The number of hydrogen-bond acceptors (Lipinski definition) is 2. The molecule has 0 rings (SSSR count). The normalized spacial score (nSPS) is 13.2. The number of rotatable bonds is 15. The first-order valence-corrected chi connectivity index (χ1v) is 10.4. The maximum Gasteiger partial charge on any atom is 0.333 e. The van der Waals surface area contributed by atoms with Gasteiger partial charge in [0.15, 0.2) is 0 Å². The summed E-state index contributed by atoms with van der Waals surface area (Å²) < 4.78 is 4.91. The highest BCUT2D eigenvalue weighted by Gasteiger charge is 2.01. The summed E-state index contributed by atoms with van der Waals surface area (Å²) in [7, 11) is 0. The van der Waals surface area contributed by atoms with Crippen LogP contribution >= 0.6 is 0 Å². The Labute approximate surface area is 167 Å². The largest absolute Gasteiger partial charge is 0.463 e. The van der Waals surface area contributed by atoms with Crippen LogP contribution in [0.3, 0.4) is 0 Å². The molecular formula is C25H38O2. The van der Waals surface area contributed by atoms with Crippen molar-refractivity contribution in [3.05, 3.63) is 72.4 Å². The predicted octanol–water partition coefficient (Wildman–Crippen LogP) is 7.42. The van der Waals surface area contributed by atoms with Gasteiger partial charge < -0.3 is 4.74 Å². The second kappa shape index (κ2) is 20.2. The third-order valence-corrected chi connectivity index (χ3v) is 3.94. The van der Waals surface area contributed by atoms with E-state index in [1.54, 1.807) is 19.9 Å². The molecule has 0 aromatic rings. The molecule has 0 bridgehead atoms. The van der Waals surface area contributed by atoms with Gasteiger partial charge in [0, 0.05) is 5.57 Å². The van der Waals surface area contributed by atoms with Gasteiger partial charge in [0.1, 0.15) is 0 Å². The van der Waals surface area contributed by atoms with E-state index in [2.05, 4.69) is 25.2 Å². The van der Waals surface area contributed by atoms with Crippen molar-refractivity contribution in [2.75, 3.05) is 6.61 Å². The minimum Gasteiger partial charge on any atom is -0.463 e. The third kappa shape index (κ3) is 18.5. The lowest BCUT2D eigenvalue weighted by molar-refractivity contribution is -0.138. The summed E-state index contributed by atoms with van der Waals surface area (Å²) >= 11 is 0. The van der Waals surface area contributed by atoms with E-state index in [1.807, 2.05) is 42.5 Å². The van der Waals surface area contributed by atoms with Crippen LogP contribution in [0.4, 0.5) is 0 Å². The molecule has 27 heavy (non-hydrogen) atoms. The van der Waals surface area contributed by atoms with Crippen molar-refractivity contribution in [3.63, 3.8) is 0 Å². The lowest BCUT2D eigenvalue weighted by Gasteiger charge is -1.98. The molecule has 0 aliphatic rings. The fraction of sp³-hybridized carbons (Fsp3) is 0.480. The average molecular weight is 371 g/mol. The molecule has 0 aliphatic carbocycles. The molecule has 0 spiro atoms. The van der Waals surface area contributed by atoms with Crippen LogP contribution in [0.15, 0.2) is 72.4 Å². The highest BCUT2D eigenvalue weighted by atomic mass is 16.5. The number of hydrogen-bond donors (Lipinski definition) is 0. The van der Waals surface area contributed by atoms with Crippen molar-refractivity contribution in [2.24, 2.45) is 0 Å². The first-order valence-electron chi connectivity index (χ1n) is 10.4. The number of carbonyl (C=O) groups is 1. The maximum atomic E-state index is 11.4. The molecule has 0 fully saturated rings. The van der Waals surface area contributed by atoms with Crippen LogP contribution in [-0.4, -0.2) is 12.6 Å². The molecule has 0 atom stereocenters. The van der Waals surface area contributed by atoms with Gasteiger partial charge in [-0.15, -0.1) is 0 Å². The van der Waals surface area contributed by atoms with Crippen LogP contribution in [0.1, 0.15) is 72.1 Å². The predicted molar refractivity (Wildman–Crippen MR) is 119 cm³/mol. The van der Waals surface area contributed by atoms with Gasteiger partial charge in [-0.1, -0.05) is 112 Å². The second-order valence-corrected chi connectivity index (χ2v) is 6.45. The molecule has 0 amide bonds. The molecular weight excluding hydrogens is 332 g/mol. The number of esters is 1. The van der Waals surface area contributed by atoms with E-state index in [4.69, 9.17) is 4.74 Å². The molecule has 150 valence electrons. The third-order valence-electron chi connectivity index (χ3n) is 3.94. The van der Waals surface area contributed by atoms with Crippen molar-refractivity contribution >= 4 is 5.97 Å². The first kappa shape index (κ1) is 24.9. The SMILES string of the molecule is CCCCCCCCC/C=C/C=C/C=C/C=C/C=C/C=C(\C)C(=O)OCC. The van der Waals surface area contributed by atoms with Crippen molar-refractivity contribution in [2.45, 2.75) is 72.1 Å². The number of carbonyl (C=O) groups excluding carboxylic acids is 1. The molecule has 0 N–H and O–H groups in total. The minimum atomic E-state index is -0.267. The van der Waals surface area contributed by atoms with Gasteiger partial charge in [-0.3, -0.25) is 0 Å². The van der Waals surface area contributed by atoms with Crippen LogP contribution in [-0.2, 0) is 9.53 Å². The van der Waals surface area contributed by atoms with Crippen molar-refractivity contribution in [1.29, 1.82) is 0 Å². The summed E-state index contributed by atoms with van der Waals surface area (Å²) in [5.74, 6) is -0.267. The van der Waals surface area contributed by atoms with Crippen LogP contribution in [0.5, 0.6) is 0 Å². The molecule has 0 aromatic carbocycles. The van der Waals surface area contributed by atoms with E-state index < -0.39 is 0 Å². The quantitative estimate of drug-likeness (QED) is 0.130. The standard InChI is InChI=1S/C25H38O2/c1-4-6-7-8-9-10-11-12-13-14-15-16-17-18-19-20-21-22-23-24(3)25(26)27-5-2/h13-23H,4-12H2,1-3H3/b14-13+,16-15+,18-17+,20-19+,22-21+,24-23+. The Morgan fingerprint density at radius 3 is 1.81 bits per heavy atom. The van der Waals surface area contributed by atoms with Gasteiger partial charge >= 0.3 is 5.97 Å². The number of unbranched alkanes of at least 4 members (excludes halogenated alkanes) is 7. The highest BCUT2D eigenvalue weighted by molar-refractivity contribution is 5.88. The molecule has 0 aliphatic heterocycles. The lowest BCUT2D eigenvalue weighted by atomic mass is 10.1. The monoisotopic (exact) mass is 370 g/mol.